The van der Waals surface area contributed by atoms with E-state index in [4.69, 9.17) is 23.7 Å². The molecule has 5 heterocycles. The van der Waals surface area contributed by atoms with Gasteiger partial charge in [0.1, 0.15) is 11.8 Å². The molecule has 5 aliphatic heterocycles. The van der Waals surface area contributed by atoms with E-state index in [2.05, 4.69) is 31.4 Å². The molecule has 0 aliphatic carbocycles. The van der Waals surface area contributed by atoms with Gasteiger partial charge in [-0.15, -0.1) is 0 Å². The van der Waals surface area contributed by atoms with Crippen LogP contribution in [0.3, 0.4) is 0 Å². The summed E-state index contributed by atoms with van der Waals surface area (Å²) in [4.78, 5) is 40.3. The van der Waals surface area contributed by atoms with Gasteiger partial charge in [0.15, 0.2) is 11.6 Å². The maximum Gasteiger partial charge on any atom is 0.315 e. The van der Waals surface area contributed by atoms with Crippen LogP contribution in [0.5, 0.6) is 0 Å². The first-order chi connectivity index (χ1) is 29.8. The number of ketones is 1. The number of urea groups is 1. The number of rotatable bonds is 15. The SMILES string of the molecule is CC[C@@H](C(=O)[C@@H](C)[C@@H](O)[C@H](C)[C@@H]1O[C@@H]([C@@H](CC)C(=O)O)CC[C@@H]1C)[C@H]1O[C@]2(C=C[C@H](NC(=O)NCc3ccccc3)[C@]3(CC[C@@](C)([C@H]4CC[C@](O)(CC)[C@H](C)O4)O3)O2)[C@H](C)C[C@@H]1C. The summed E-state index contributed by atoms with van der Waals surface area (Å²) in [6.45, 7) is 20.0. The molecule has 13 heteroatoms. The third kappa shape index (κ3) is 10.1. The normalized spacial score (nSPS) is 40.5. The minimum atomic E-state index is -1.35. The van der Waals surface area contributed by atoms with E-state index < -0.39 is 89.0 Å². The summed E-state index contributed by atoms with van der Waals surface area (Å²) in [5.41, 5.74) is -0.765. The monoisotopic (exact) mass is 883 g/mol. The molecule has 2 spiro atoms. The molecule has 0 saturated carbocycles. The molecular formula is C50H78N2O11. The van der Waals surface area contributed by atoms with Crippen LogP contribution in [0, 0.1) is 41.4 Å². The summed E-state index contributed by atoms with van der Waals surface area (Å²) >= 11 is 0. The first-order valence-electron chi connectivity index (χ1n) is 24.1. The number of benzene rings is 1. The molecule has 63 heavy (non-hydrogen) atoms. The Kier molecular flexibility index (Phi) is 15.6. The fraction of sp³-hybridized carbons (Fsp3) is 0.780. The molecule has 2 amide bonds. The number of carbonyl (C=O) groups excluding carboxylic acids is 2. The van der Waals surface area contributed by atoms with Crippen molar-refractivity contribution in [3.8, 4) is 0 Å². The number of ether oxygens (including phenoxy) is 5. The Hall–Kier alpha value is -2.91. The molecule has 1 aromatic rings. The molecular weight excluding hydrogens is 805 g/mol. The number of carbonyl (C=O) groups is 3. The van der Waals surface area contributed by atoms with Gasteiger partial charge in [-0.1, -0.05) is 91.8 Å². The third-order valence-corrected chi connectivity index (χ3v) is 16.1. The second-order valence-electron chi connectivity index (χ2n) is 20.3. The molecule has 0 bridgehead atoms. The van der Waals surface area contributed by atoms with Crippen LogP contribution in [0.15, 0.2) is 42.5 Å². The highest BCUT2D eigenvalue weighted by Crippen LogP contribution is 2.54. The van der Waals surface area contributed by atoms with Gasteiger partial charge in [0.05, 0.1) is 53.7 Å². The predicted octanol–water partition coefficient (Wildman–Crippen LogP) is 7.70. The minimum Gasteiger partial charge on any atom is -0.481 e. The molecule has 6 rings (SSSR count). The molecule has 1 aromatic carbocycles. The number of amides is 2. The number of carboxylic acids is 1. The number of aliphatic hydroxyl groups excluding tert-OH is 1. The summed E-state index contributed by atoms with van der Waals surface area (Å²) in [5, 5.41) is 39.1. The van der Waals surface area contributed by atoms with Gasteiger partial charge in [-0.2, -0.15) is 0 Å². The minimum absolute atomic E-state index is 0.0255. The summed E-state index contributed by atoms with van der Waals surface area (Å²) in [7, 11) is 0. The highest BCUT2D eigenvalue weighted by Gasteiger charge is 2.63. The Morgan fingerprint density at radius 1 is 0.873 bits per heavy atom. The van der Waals surface area contributed by atoms with E-state index in [1.165, 1.54) is 0 Å². The number of aliphatic hydroxyl groups is 2. The lowest BCUT2D eigenvalue weighted by molar-refractivity contribution is -0.397. The third-order valence-electron chi connectivity index (χ3n) is 16.1. The Morgan fingerprint density at radius 3 is 2.21 bits per heavy atom. The van der Waals surface area contributed by atoms with Gasteiger partial charge < -0.3 is 49.6 Å². The second-order valence-corrected chi connectivity index (χ2v) is 20.3. The van der Waals surface area contributed by atoms with E-state index >= 15 is 0 Å². The summed E-state index contributed by atoms with van der Waals surface area (Å²) in [5.74, 6) is -6.06. The average Bonchev–Trinajstić information content (AvgIpc) is 3.60. The first-order valence-corrected chi connectivity index (χ1v) is 24.1. The van der Waals surface area contributed by atoms with E-state index in [0.717, 1.165) is 12.0 Å². The first kappa shape index (κ1) is 49.5. The summed E-state index contributed by atoms with van der Waals surface area (Å²) in [6.07, 6.45) is 6.46. The van der Waals surface area contributed by atoms with Crippen molar-refractivity contribution in [3.63, 3.8) is 0 Å². The van der Waals surface area contributed by atoms with Crippen LogP contribution in [0.1, 0.15) is 139 Å². The molecule has 0 aromatic heterocycles. The molecule has 18 atom stereocenters. The van der Waals surface area contributed by atoms with Crippen LogP contribution in [-0.4, -0.2) is 98.5 Å². The van der Waals surface area contributed by atoms with Crippen LogP contribution in [0.4, 0.5) is 4.79 Å². The van der Waals surface area contributed by atoms with E-state index in [1.807, 2.05) is 84.0 Å². The molecule has 354 valence electrons. The number of aliphatic carboxylic acids is 1. The van der Waals surface area contributed by atoms with E-state index in [0.29, 0.717) is 64.3 Å². The van der Waals surface area contributed by atoms with Gasteiger partial charge in [-0.25, -0.2) is 4.79 Å². The van der Waals surface area contributed by atoms with Crippen molar-refractivity contribution in [2.75, 3.05) is 0 Å². The number of carboxylic acid groups (broad SMARTS) is 1. The number of hydrogen-bond acceptors (Lipinski definition) is 10. The standard InChI is InChI=1S/C50H78N2O11/c1-11-36(45(55)56)38-20-19-29(4)43(60-38)33(8)41(53)32(7)42(54)37(12-2)44-30(5)27-31(6)49(61-44)24-21-39(52-46(57)51-28-35-17-15-14-16-18-35)50(63-49)26-25-47(10,62-50)40-22-23-48(58,13-3)34(9)59-40/h14-18,21,24,29-34,36-41,43-44,53,58H,11-13,19-20,22-23,25-28H2,1-10H3,(H,55,56)(H2,51,52,57)/t29-,30-,31+,32-,33-,34-,36+,37-,38+,39-,40+,41+,43+,44-,47-,48+,49-,50-/m0/s1. The highest BCUT2D eigenvalue weighted by atomic mass is 16.8. The Labute approximate surface area is 375 Å². The van der Waals surface area contributed by atoms with Gasteiger partial charge in [0, 0.05) is 36.6 Å². The Bertz CT molecular complexity index is 1760. The Morgan fingerprint density at radius 2 is 1.57 bits per heavy atom. The highest BCUT2D eigenvalue weighted by molar-refractivity contribution is 5.84. The van der Waals surface area contributed by atoms with Crippen LogP contribution in [0.25, 0.3) is 0 Å². The zero-order chi connectivity index (χ0) is 46.1. The number of Topliss-reactive ketones (excluding diaryl/α,β-unsaturated/α-hetero) is 1. The maximum atomic E-state index is 14.7. The fourth-order valence-corrected chi connectivity index (χ4v) is 11.6. The van der Waals surface area contributed by atoms with E-state index in [-0.39, 0.29) is 35.7 Å². The predicted molar refractivity (Wildman–Crippen MR) is 238 cm³/mol. The molecule has 5 N–H and O–H groups in total. The lowest BCUT2D eigenvalue weighted by Gasteiger charge is -2.55. The van der Waals surface area contributed by atoms with Gasteiger partial charge in [-0.3, -0.25) is 9.59 Å². The number of hydrogen-bond donors (Lipinski definition) is 5. The molecule has 0 unspecified atom stereocenters. The topological polar surface area (TPSA) is 182 Å². The fourth-order valence-electron chi connectivity index (χ4n) is 11.6. The van der Waals surface area contributed by atoms with Gasteiger partial charge in [0.25, 0.3) is 0 Å². The lowest BCUT2D eigenvalue weighted by Crippen LogP contribution is -2.66. The van der Waals surface area contributed by atoms with Gasteiger partial charge in [0.2, 0.25) is 0 Å². The lowest BCUT2D eigenvalue weighted by atomic mass is 9.72. The van der Waals surface area contributed by atoms with Crippen molar-refractivity contribution in [2.45, 2.75) is 205 Å². The average molecular weight is 883 g/mol. The van der Waals surface area contributed by atoms with E-state index in [1.54, 1.807) is 6.92 Å². The smallest absolute Gasteiger partial charge is 0.315 e. The zero-order valence-corrected chi connectivity index (χ0v) is 39.5. The van der Waals surface area contributed by atoms with Crippen LogP contribution in [0.2, 0.25) is 0 Å². The quantitative estimate of drug-likeness (QED) is 0.109. The molecule has 5 aliphatic rings. The van der Waals surface area contributed by atoms with Gasteiger partial charge >= 0.3 is 12.0 Å². The molecule has 4 saturated heterocycles. The zero-order valence-electron chi connectivity index (χ0n) is 39.5. The maximum absolute atomic E-state index is 14.7. The van der Waals surface area contributed by atoms with Crippen molar-refractivity contribution >= 4 is 17.8 Å². The van der Waals surface area contributed by atoms with Crippen LogP contribution in [-0.2, 0) is 39.8 Å². The van der Waals surface area contributed by atoms with Crippen molar-refractivity contribution in [2.24, 2.45) is 41.4 Å². The Balaban J connectivity index is 1.23. The van der Waals surface area contributed by atoms with Crippen molar-refractivity contribution in [1.29, 1.82) is 0 Å². The van der Waals surface area contributed by atoms with Crippen LogP contribution >= 0.6 is 0 Å². The largest absolute Gasteiger partial charge is 0.481 e. The van der Waals surface area contributed by atoms with E-state index in [9.17, 15) is 29.7 Å². The van der Waals surface area contributed by atoms with Crippen LogP contribution < -0.4 is 10.6 Å². The van der Waals surface area contributed by atoms with Crippen molar-refractivity contribution in [3.05, 3.63) is 48.0 Å². The van der Waals surface area contributed by atoms with Gasteiger partial charge in [-0.05, 0) is 95.1 Å². The molecule has 4 fully saturated rings. The molecule has 0 radical (unpaired) electrons. The second kappa shape index (κ2) is 19.9. The number of nitrogens with one attached hydrogen (secondary N) is 2. The van der Waals surface area contributed by atoms with Crippen molar-refractivity contribution < 1.29 is 53.4 Å². The summed E-state index contributed by atoms with van der Waals surface area (Å²) in [6, 6.07) is 8.62. The summed E-state index contributed by atoms with van der Waals surface area (Å²) < 4.78 is 34.6. The van der Waals surface area contributed by atoms with Crippen molar-refractivity contribution in [1.82, 2.24) is 10.6 Å². The molecule has 13 nitrogen and oxygen atoms in total.